The van der Waals surface area contributed by atoms with Crippen LogP contribution in [0.1, 0.15) is 30.9 Å². The molecule has 4 nitrogen and oxygen atoms in total. The van der Waals surface area contributed by atoms with Gasteiger partial charge in [0.2, 0.25) is 0 Å². The topological polar surface area (TPSA) is 46.6 Å². The number of ketones is 1. The lowest BCUT2D eigenvalue weighted by atomic mass is 9.89. The highest BCUT2D eigenvalue weighted by molar-refractivity contribution is 5.85. The Morgan fingerprint density at radius 2 is 2.06 bits per heavy atom. The number of hydrogen-bond acceptors (Lipinski definition) is 3. The minimum Gasteiger partial charge on any atom is -0.410 e. The molecule has 1 aromatic carbocycles. The van der Waals surface area contributed by atoms with E-state index in [0.29, 0.717) is 12.2 Å². The van der Waals surface area contributed by atoms with Crippen molar-refractivity contribution in [3.8, 4) is 5.75 Å². The molecule has 0 radical (unpaired) electrons. The third-order valence-corrected chi connectivity index (χ3v) is 3.87. The summed E-state index contributed by atoms with van der Waals surface area (Å²) in [5.41, 5.74) is 0.944. The molecule has 0 spiro atoms. The molecule has 1 fully saturated rings. The normalized spacial score (nSPS) is 27.1. The van der Waals surface area contributed by atoms with Gasteiger partial charge in [0.25, 0.3) is 0 Å². The predicted molar refractivity (Wildman–Crippen MR) is 65.3 cm³/mol. The van der Waals surface area contributed by atoms with Gasteiger partial charge in [-0.15, -0.1) is 0 Å². The summed E-state index contributed by atoms with van der Waals surface area (Å²) in [5, 5.41) is 0. The first-order valence-electron chi connectivity index (χ1n) is 6.25. The Balaban J connectivity index is 2.06. The van der Waals surface area contributed by atoms with Gasteiger partial charge >= 0.3 is 6.09 Å². The van der Waals surface area contributed by atoms with Crippen LogP contribution >= 0.6 is 0 Å². The number of ether oxygens (including phenoxy) is 1. The third-order valence-electron chi connectivity index (χ3n) is 3.87. The molecule has 2 aliphatic rings. The summed E-state index contributed by atoms with van der Waals surface area (Å²) in [6, 6.07) is 7.31. The quantitative estimate of drug-likeness (QED) is 0.763. The van der Waals surface area contributed by atoms with E-state index < -0.39 is 0 Å². The second-order valence-corrected chi connectivity index (χ2v) is 4.93. The van der Waals surface area contributed by atoms with Gasteiger partial charge in [-0.3, -0.25) is 4.79 Å². The van der Waals surface area contributed by atoms with Gasteiger partial charge in [-0.05, 0) is 18.9 Å². The minimum atomic E-state index is -0.376. The van der Waals surface area contributed by atoms with Gasteiger partial charge in [0, 0.05) is 24.9 Å². The first kappa shape index (κ1) is 11.3. The van der Waals surface area contributed by atoms with Gasteiger partial charge in [-0.1, -0.05) is 18.2 Å². The lowest BCUT2D eigenvalue weighted by molar-refractivity contribution is -0.122. The van der Waals surface area contributed by atoms with Crippen LogP contribution in [0.3, 0.4) is 0 Å². The molecule has 0 aromatic heterocycles. The van der Waals surface area contributed by atoms with Crippen molar-refractivity contribution in [1.29, 1.82) is 0 Å². The summed E-state index contributed by atoms with van der Waals surface area (Å²) < 4.78 is 5.24. The van der Waals surface area contributed by atoms with Crippen molar-refractivity contribution in [2.45, 2.75) is 25.3 Å². The van der Waals surface area contributed by atoms with Gasteiger partial charge in [0.1, 0.15) is 11.5 Å². The SMILES string of the molecule is CN1C(=O)Oc2ccccc2C1C1CCCC1=O. The van der Waals surface area contributed by atoms with E-state index in [2.05, 4.69) is 0 Å². The van der Waals surface area contributed by atoms with Crippen LogP contribution in [0.4, 0.5) is 4.79 Å². The molecular weight excluding hydrogens is 230 g/mol. The minimum absolute atomic E-state index is 0.0796. The van der Waals surface area contributed by atoms with E-state index in [0.717, 1.165) is 18.4 Å². The van der Waals surface area contributed by atoms with E-state index in [1.807, 2.05) is 18.2 Å². The van der Waals surface area contributed by atoms with Gasteiger partial charge in [0.05, 0.1) is 6.04 Å². The van der Waals surface area contributed by atoms with Crippen LogP contribution in [-0.4, -0.2) is 23.8 Å². The maximum Gasteiger partial charge on any atom is 0.415 e. The second kappa shape index (κ2) is 4.12. The van der Waals surface area contributed by atoms with Crippen LogP contribution in [0.15, 0.2) is 24.3 Å². The summed E-state index contributed by atoms with van der Waals surface area (Å²) in [7, 11) is 1.70. The van der Waals surface area contributed by atoms with Crippen molar-refractivity contribution in [3.63, 3.8) is 0 Å². The van der Waals surface area contributed by atoms with E-state index in [4.69, 9.17) is 4.74 Å². The monoisotopic (exact) mass is 245 g/mol. The first-order valence-corrected chi connectivity index (χ1v) is 6.25. The number of hydrogen-bond donors (Lipinski definition) is 0. The highest BCUT2D eigenvalue weighted by Gasteiger charge is 2.41. The van der Waals surface area contributed by atoms with Crippen LogP contribution in [0, 0.1) is 5.92 Å². The van der Waals surface area contributed by atoms with Gasteiger partial charge < -0.3 is 9.64 Å². The van der Waals surface area contributed by atoms with Crippen molar-refractivity contribution in [1.82, 2.24) is 4.90 Å². The highest BCUT2D eigenvalue weighted by Crippen LogP contribution is 2.43. The lowest BCUT2D eigenvalue weighted by Gasteiger charge is -2.36. The van der Waals surface area contributed by atoms with E-state index >= 15 is 0 Å². The van der Waals surface area contributed by atoms with E-state index in [1.54, 1.807) is 18.0 Å². The molecule has 3 rings (SSSR count). The fourth-order valence-electron chi connectivity index (χ4n) is 2.97. The number of para-hydroxylation sites is 1. The average Bonchev–Trinajstić information content (AvgIpc) is 2.77. The molecule has 0 N–H and O–H groups in total. The maximum absolute atomic E-state index is 12.0. The molecule has 0 saturated heterocycles. The van der Waals surface area contributed by atoms with Crippen LogP contribution in [0.2, 0.25) is 0 Å². The Morgan fingerprint density at radius 1 is 1.28 bits per heavy atom. The summed E-state index contributed by atoms with van der Waals surface area (Å²) in [5.74, 6) is 0.769. The molecule has 1 aliphatic heterocycles. The molecular formula is C14H15NO3. The molecule has 1 saturated carbocycles. The van der Waals surface area contributed by atoms with Crippen molar-refractivity contribution in [2.75, 3.05) is 7.05 Å². The van der Waals surface area contributed by atoms with Crippen molar-refractivity contribution in [2.24, 2.45) is 5.92 Å². The van der Waals surface area contributed by atoms with E-state index in [-0.39, 0.29) is 23.8 Å². The number of nitrogens with zero attached hydrogens (tertiary/aromatic N) is 1. The summed E-state index contributed by atoms with van der Waals surface area (Å²) >= 11 is 0. The van der Waals surface area contributed by atoms with Crippen molar-refractivity contribution >= 4 is 11.9 Å². The number of amides is 1. The van der Waals surface area contributed by atoms with Gasteiger partial charge in [-0.2, -0.15) is 0 Å². The molecule has 18 heavy (non-hydrogen) atoms. The third kappa shape index (κ3) is 1.60. The van der Waals surface area contributed by atoms with Crippen molar-refractivity contribution in [3.05, 3.63) is 29.8 Å². The summed E-state index contributed by atoms with van der Waals surface area (Å²) in [6.07, 6.45) is 2.03. The van der Waals surface area contributed by atoms with E-state index in [9.17, 15) is 9.59 Å². The Labute approximate surface area is 106 Å². The number of carbonyl (C=O) groups excluding carboxylic acids is 2. The van der Waals surface area contributed by atoms with Crippen LogP contribution in [-0.2, 0) is 4.79 Å². The number of Topliss-reactive ketones (excluding diaryl/α,β-unsaturated/α-hetero) is 1. The standard InChI is InChI=1S/C14H15NO3/c1-15-13(9-6-4-7-11(9)16)10-5-2-3-8-12(10)18-14(15)17/h2-3,5,8-9,13H,4,6-7H2,1H3. The molecule has 1 aliphatic carbocycles. The lowest BCUT2D eigenvalue weighted by Crippen LogP contribution is -2.42. The van der Waals surface area contributed by atoms with Crippen LogP contribution in [0.25, 0.3) is 0 Å². The zero-order chi connectivity index (χ0) is 12.7. The molecule has 2 unspecified atom stereocenters. The van der Waals surface area contributed by atoms with Crippen LogP contribution < -0.4 is 4.74 Å². The Bertz CT molecular complexity index is 512. The number of benzene rings is 1. The predicted octanol–water partition coefficient (Wildman–Crippen LogP) is 2.54. The largest absolute Gasteiger partial charge is 0.415 e. The maximum atomic E-state index is 12.0. The average molecular weight is 245 g/mol. The van der Waals surface area contributed by atoms with Gasteiger partial charge in [0.15, 0.2) is 0 Å². The zero-order valence-corrected chi connectivity index (χ0v) is 10.3. The Hall–Kier alpha value is -1.84. The fraction of sp³-hybridized carbons (Fsp3) is 0.429. The van der Waals surface area contributed by atoms with Crippen molar-refractivity contribution < 1.29 is 14.3 Å². The molecule has 0 bridgehead atoms. The second-order valence-electron chi connectivity index (χ2n) is 4.93. The molecule has 1 heterocycles. The first-order chi connectivity index (χ1) is 8.68. The Morgan fingerprint density at radius 3 is 2.78 bits per heavy atom. The highest BCUT2D eigenvalue weighted by atomic mass is 16.6. The van der Waals surface area contributed by atoms with E-state index in [1.165, 1.54) is 0 Å². The summed E-state index contributed by atoms with van der Waals surface area (Å²) in [6.45, 7) is 0. The zero-order valence-electron chi connectivity index (χ0n) is 10.3. The molecule has 2 atom stereocenters. The Kier molecular flexibility index (Phi) is 2.58. The van der Waals surface area contributed by atoms with Gasteiger partial charge in [-0.25, -0.2) is 4.79 Å². The molecule has 94 valence electrons. The molecule has 4 heteroatoms. The van der Waals surface area contributed by atoms with Crippen LogP contribution in [0.5, 0.6) is 5.75 Å². The fourth-order valence-corrected chi connectivity index (χ4v) is 2.97. The molecule has 1 aromatic rings. The summed E-state index contributed by atoms with van der Waals surface area (Å²) in [4.78, 5) is 25.3. The number of fused-ring (bicyclic) bond motifs is 1. The smallest absolute Gasteiger partial charge is 0.410 e. The molecule has 1 amide bonds. The number of carbonyl (C=O) groups is 2. The number of rotatable bonds is 1.